The second kappa shape index (κ2) is 6.84. The van der Waals surface area contributed by atoms with E-state index in [1.165, 1.54) is 12.1 Å². The highest BCUT2D eigenvalue weighted by Gasteiger charge is 2.23. The van der Waals surface area contributed by atoms with Gasteiger partial charge in [-0.15, -0.1) is 11.3 Å². The fourth-order valence-corrected chi connectivity index (χ4v) is 3.38. The van der Waals surface area contributed by atoms with Crippen LogP contribution < -0.4 is 5.32 Å². The zero-order valence-electron chi connectivity index (χ0n) is 13.7. The van der Waals surface area contributed by atoms with E-state index in [1.807, 2.05) is 30.8 Å². The molecule has 0 saturated carbocycles. The molecule has 6 heteroatoms. The molecule has 1 atom stereocenters. The third-order valence-corrected chi connectivity index (χ3v) is 4.79. The third-order valence-electron chi connectivity index (χ3n) is 3.91. The summed E-state index contributed by atoms with van der Waals surface area (Å²) in [4.78, 5) is 1.12. The predicted octanol–water partition coefficient (Wildman–Crippen LogP) is 3.29. The molecule has 1 unspecified atom stereocenters. The summed E-state index contributed by atoms with van der Waals surface area (Å²) in [5.41, 5.74) is 1.65. The minimum atomic E-state index is -1.07. The first-order chi connectivity index (χ1) is 11.5. The van der Waals surface area contributed by atoms with E-state index in [0.29, 0.717) is 18.7 Å². The molecular weight excluding hydrogens is 325 g/mol. The van der Waals surface area contributed by atoms with Gasteiger partial charge in [0, 0.05) is 31.9 Å². The molecule has 2 N–H and O–H groups in total. The van der Waals surface area contributed by atoms with Gasteiger partial charge in [-0.25, -0.2) is 4.39 Å². The molecule has 2 aromatic heterocycles. The van der Waals surface area contributed by atoms with Gasteiger partial charge in [-0.05, 0) is 36.1 Å². The number of hydrogen-bond donors (Lipinski definition) is 2. The van der Waals surface area contributed by atoms with Crippen LogP contribution in [0.2, 0.25) is 0 Å². The predicted molar refractivity (Wildman–Crippen MR) is 94.2 cm³/mol. The van der Waals surface area contributed by atoms with Crippen molar-refractivity contribution in [3.05, 3.63) is 64.9 Å². The van der Waals surface area contributed by atoms with E-state index in [2.05, 4.69) is 10.4 Å². The van der Waals surface area contributed by atoms with Gasteiger partial charge in [0.1, 0.15) is 11.5 Å². The number of aromatic nitrogens is 2. The topological polar surface area (TPSA) is 50.1 Å². The first-order valence-electron chi connectivity index (χ1n) is 7.71. The van der Waals surface area contributed by atoms with Crippen LogP contribution in [-0.4, -0.2) is 21.4 Å². The number of aryl methyl sites for hydroxylation is 1. The summed E-state index contributed by atoms with van der Waals surface area (Å²) in [5.74, 6) is -0.307. The summed E-state index contributed by atoms with van der Waals surface area (Å²) in [6, 6.07) is 9.99. The molecule has 2 heterocycles. The molecule has 0 bridgehead atoms. The molecule has 4 nitrogen and oxygen atoms in total. The molecular formula is C18H20FN3OS. The second-order valence-corrected chi connectivity index (χ2v) is 6.99. The molecule has 0 fully saturated rings. The van der Waals surface area contributed by atoms with Gasteiger partial charge in [-0.3, -0.25) is 4.68 Å². The standard InChI is InChI=1S/C18H20FN3OS/c1-18(23,14-5-7-15(19)8-6-14)12-20-10-13-11-22(2)21-17(13)16-4-3-9-24-16/h3-9,11,20,23H,10,12H2,1-2H3. The van der Waals surface area contributed by atoms with Gasteiger partial charge in [0.2, 0.25) is 0 Å². The summed E-state index contributed by atoms with van der Waals surface area (Å²) < 4.78 is 14.8. The van der Waals surface area contributed by atoms with Crippen LogP contribution in [0.15, 0.2) is 48.0 Å². The molecule has 3 rings (SSSR count). The number of rotatable bonds is 6. The molecule has 24 heavy (non-hydrogen) atoms. The molecule has 0 aliphatic carbocycles. The maximum atomic E-state index is 13.0. The molecule has 0 saturated heterocycles. The van der Waals surface area contributed by atoms with E-state index in [4.69, 9.17) is 0 Å². The van der Waals surface area contributed by atoms with E-state index >= 15 is 0 Å². The second-order valence-electron chi connectivity index (χ2n) is 6.04. The van der Waals surface area contributed by atoms with Crippen LogP contribution in [0, 0.1) is 5.82 Å². The fraction of sp³-hybridized carbons (Fsp3) is 0.278. The van der Waals surface area contributed by atoms with Crippen LogP contribution in [0.4, 0.5) is 4.39 Å². The van der Waals surface area contributed by atoms with Gasteiger partial charge < -0.3 is 10.4 Å². The van der Waals surface area contributed by atoms with Crippen molar-refractivity contribution in [3.8, 4) is 10.6 Å². The first-order valence-corrected chi connectivity index (χ1v) is 8.59. The van der Waals surface area contributed by atoms with Crippen molar-refractivity contribution in [2.24, 2.45) is 7.05 Å². The number of benzene rings is 1. The highest BCUT2D eigenvalue weighted by Crippen LogP contribution is 2.26. The molecule has 0 radical (unpaired) electrons. The summed E-state index contributed by atoms with van der Waals surface area (Å²) >= 11 is 1.65. The minimum Gasteiger partial charge on any atom is -0.384 e. The van der Waals surface area contributed by atoms with Crippen LogP contribution in [0.5, 0.6) is 0 Å². The maximum Gasteiger partial charge on any atom is 0.123 e. The maximum absolute atomic E-state index is 13.0. The summed E-state index contributed by atoms with van der Waals surface area (Å²) in [7, 11) is 1.90. The molecule has 0 amide bonds. The van der Waals surface area contributed by atoms with E-state index in [9.17, 15) is 9.50 Å². The SMILES string of the molecule is Cn1cc(CNCC(C)(O)c2ccc(F)cc2)c(-c2cccs2)n1. The number of halogens is 1. The Kier molecular flexibility index (Phi) is 4.80. The molecule has 0 aliphatic heterocycles. The van der Waals surface area contributed by atoms with Gasteiger partial charge in [0.15, 0.2) is 0 Å². The number of nitrogens with one attached hydrogen (secondary N) is 1. The average molecular weight is 345 g/mol. The quantitative estimate of drug-likeness (QED) is 0.721. The Morgan fingerprint density at radius 3 is 2.71 bits per heavy atom. The molecule has 3 aromatic rings. The lowest BCUT2D eigenvalue weighted by Crippen LogP contribution is -2.35. The summed E-state index contributed by atoms with van der Waals surface area (Å²) in [6.07, 6.45) is 1.98. The first kappa shape index (κ1) is 16.8. The van der Waals surface area contributed by atoms with E-state index in [-0.39, 0.29) is 5.82 Å². The van der Waals surface area contributed by atoms with Crippen LogP contribution >= 0.6 is 11.3 Å². The molecule has 0 aliphatic rings. The lowest BCUT2D eigenvalue weighted by Gasteiger charge is -2.24. The van der Waals surface area contributed by atoms with Gasteiger partial charge >= 0.3 is 0 Å². The van der Waals surface area contributed by atoms with Crippen molar-refractivity contribution < 1.29 is 9.50 Å². The van der Waals surface area contributed by atoms with Crippen molar-refractivity contribution in [1.29, 1.82) is 0 Å². The lowest BCUT2D eigenvalue weighted by atomic mass is 9.96. The fourth-order valence-electron chi connectivity index (χ4n) is 2.64. The van der Waals surface area contributed by atoms with Crippen LogP contribution in [0.1, 0.15) is 18.1 Å². The normalized spacial score (nSPS) is 13.8. The Hall–Kier alpha value is -2.02. The van der Waals surface area contributed by atoms with E-state index in [0.717, 1.165) is 16.1 Å². The monoisotopic (exact) mass is 345 g/mol. The Morgan fingerprint density at radius 2 is 2.04 bits per heavy atom. The Morgan fingerprint density at radius 1 is 1.29 bits per heavy atom. The smallest absolute Gasteiger partial charge is 0.123 e. The number of nitrogens with zero attached hydrogens (tertiary/aromatic N) is 2. The molecule has 1 aromatic carbocycles. The number of thiophene rings is 1. The van der Waals surface area contributed by atoms with E-state index < -0.39 is 5.60 Å². The number of hydrogen-bond acceptors (Lipinski definition) is 4. The zero-order chi connectivity index (χ0) is 17.2. The molecule has 0 spiro atoms. The Bertz CT molecular complexity index is 794. The van der Waals surface area contributed by atoms with Crippen LogP contribution in [0.3, 0.4) is 0 Å². The highest BCUT2D eigenvalue weighted by atomic mass is 32.1. The minimum absolute atomic E-state index is 0.307. The van der Waals surface area contributed by atoms with E-state index in [1.54, 1.807) is 35.1 Å². The van der Waals surface area contributed by atoms with Crippen molar-refractivity contribution in [2.45, 2.75) is 19.1 Å². The average Bonchev–Trinajstić information content (AvgIpc) is 3.17. The highest BCUT2D eigenvalue weighted by molar-refractivity contribution is 7.13. The summed E-state index contributed by atoms with van der Waals surface area (Å²) in [5, 5.41) is 20.4. The van der Waals surface area contributed by atoms with Crippen LogP contribution in [-0.2, 0) is 19.2 Å². The van der Waals surface area contributed by atoms with Crippen molar-refractivity contribution in [2.75, 3.05) is 6.54 Å². The largest absolute Gasteiger partial charge is 0.384 e. The Labute approximate surface area is 144 Å². The van der Waals surface area contributed by atoms with Gasteiger partial charge in [0.25, 0.3) is 0 Å². The molecule has 126 valence electrons. The Balaban J connectivity index is 1.67. The number of aliphatic hydroxyl groups is 1. The lowest BCUT2D eigenvalue weighted by molar-refractivity contribution is 0.0566. The van der Waals surface area contributed by atoms with Crippen molar-refractivity contribution in [3.63, 3.8) is 0 Å². The third kappa shape index (κ3) is 3.72. The summed E-state index contributed by atoms with van der Waals surface area (Å²) in [6.45, 7) is 2.67. The van der Waals surface area contributed by atoms with Gasteiger partial charge in [-0.1, -0.05) is 18.2 Å². The van der Waals surface area contributed by atoms with Crippen LogP contribution in [0.25, 0.3) is 10.6 Å². The zero-order valence-corrected chi connectivity index (χ0v) is 14.5. The van der Waals surface area contributed by atoms with Gasteiger partial charge in [0.05, 0.1) is 10.5 Å². The van der Waals surface area contributed by atoms with Crippen molar-refractivity contribution in [1.82, 2.24) is 15.1 Å². The van der Waals surface area contributed by atoms with Gasteiger partial charge in [-0.2, -0.15) is 5.10 Å². The van der Waals surface area contributed by atoms with Crippen molar-refractivity contribution >= 4 is 11.3 Å².